The van der Waals surface area contributed by atoms with E-state index in [1.165, 1.54) is 0 Å². The minimum atomic E-state index is -0.878. The molecule has 0 unspecified atom stereocenters. The Morgan fingerprint density at radius 2 is 0.640 bits per heavy atom. The maximum Gasteiger partial charge on any atom is 0.335 e. The SMILES string of the molecule is CC(C)CC(=O)Nc1ccccc1CCCCCc1ccccc1C(=O)O.O=C(CCc1ccccc1)Nc1ccccc1CCCCCc1ccccc1C(=O)O.O=C(COc1ccccc1)Nc1ccccc1CCCCCc1ccccc1C(=O)O. The number of rotatable bonds is 32. The molecular weight excluding hydrogens is 1110 g/mol. The quantitative estimate of drug-likeness (QED) is 0.0220. The van der Waals surface area contributed by atoms with Gasteiger partial charge in [-0.3, -0.25) is 14.4 Å². The van der Waals surface area contributed by atoms with Crippen molar-refractivity contribution in [1.29, 1.82) is 0 Å². The Morgan fingerprint density at radius 3 is 1.01 bits per heavy atom. The molecule has 0 atom stereocenters. The van der Waals surface area contributed by atoms with Gasteiger partial charge in [-0.2, -0.15) is 0 Å². The number of hydrogen-bond acceptors (Lipinski definition) is 7. The molecule has 0 saturated carbocycles. The van der Waals surface area contributed by atoms with Crippen LogP contribution >= 0.6 is 0 Å². The Labute approximate surface area is 524 Å². The standard InChI is InChI=1S/C27H29NO3.C26H27NO4.C23H29NO3/c29-26(20-19-21-11-3-1-4-12-21)28-25-18-10-8-16-23(25)15-6-2-5-13-22-14-7-9-17-24(22)27(30)31;28-25(19-31-22-15-5-2-6-16-22)27-24-18-10-8-14-21(24)13-4-1-3-11-20-12-7-9-17-23(20)26(29)30;1-17(2)16-22(25)24-21-15-9-7-13-19(21)12-5-3-4-10-18-11-6-8-14-20(18)23(26)27/h1,3-4,7-12,14,16-18H,2,5-6,13,15,19-20H2,(H,28,29)(H,30,31);2,5-10,12,14-18H,1,3-4,11,13,19H2,(H,27,28)(H,29,30);6-9,11,13-15,17H,3-5,10,12,16H2,1-2H3,(H,24,25)(H,26,27). The molecule has 13 nitrogen and oxygen atoms in total. The Bertz CT molecular complexity index is 3330. The van der Waals surface area contributed by atoms with Gasteiger partial charge < -0.3 is 36.0 Å². The van der Waals surface area contributed by atoms with Gasteiger partial charge in [0.25, 0.3) is 5.91 Å². The number of para-hydroxylation sites is 4. The number of benzene rings is 8. The van der Waals surface area contributed by atoms with Crippen molar-refractivity contribution in [3.63, 3.8) is 0 Å². The highest BCUT2D eigenvalue weighted by Crippen LogP contribution is 2.24. The van der Waals surface area contributed by atoms with Crippen LogP contribution in [0.5, 0.6) is 5.75 Å². The van der Waals surface area contributed by atoms with E-state index >= 15 is 0 Å². The van der Waals surface area contributed by atoms with E-state index in [9.17, 15) is 44.1 Å². The summed E-state index contributed by atoms with van der Waals surface area (Å²) in [7, 11) is 0. The first kappa shape index (κ1) is 68.5. The van der Waals surface area contributed by atoms with Crippen molar-refractivity contribution in [2.75, 3.05) is 22.6 Å². The van der Waals surface area contributed by atoms with Crippen LogP contribution in [0.25, 0.3) is 0 Å². The maximum atomic E-state index is 12.4. The van der Waals surface area contributed by atoms with E-state index in [4.69, 9.17) is 4.74 Å². The van der Waals surface area contributed by atoms with Crippen LogP contribution in [0.2, 0.25) is 0 Å². The summed E-state index contributed by atoms with van der Waals surface area (Å²) in [5, 5.41) is 36.8. The van der Waals surface area contributed by atoms with Crippen LogP contribution in [-0.4, -0.2) is 57.6 Å². The topological polar surface area (TPSA) is 208 Å². The number of unbranched alkanes of at least 4 members (excludes halogenated alkanes) is 6. The molecule has 0 aliphatic heterocycles. The summed E-state index contributed by atoms with van der Waals surface area (Å²) in [5.74, 6) is -1.71. The molecule has 0 aliphatic carbocycles. The number of amides is 3. The van der Waals surface area contributed by atoms with Gasteiger partial charge in [0.15, 0.2) is 6.61 Å². The highest BCUT2D eigenvalue weighted by atomic mass is 16.5. The molecule has 0 spiro atoms. The van der Waals surface area contributed by atoms with Gasteiger partial charge >= 0.3 is 17.9 Å². The lowest BCUT2D eigenvalue weighted by atomic mass is 9.99. The zero-order valence-corrected chi connectivity index (χ0v) is 51.3. The molecule has 0 saturated heterocycles. The first-order valence-corrected chi connectivity index (χ1v) is 31.0. The van der Waals surface area contributed by atoms with E-state index in [1.54, 1.807) is 36.4 Å². The molecule has 8 rings (SSSR count). The second-order valence-electron chi connectivity index (χ2n) is 22.4. The molecule has 8 aromatic carbocycles. The number of hydrogen-bond donors (Lipinski definition) is 6. The summed E-state index contributed by atoms with van der Waals surface area (Å²) < 4.78 is 5.51. The lowest BCUT2D eigenvalue weighted by Gasteiger charge is -2.12. The van der Waals surface area contributed by atoms with Crippen molar-refractivity contribution < 1.29 is 48.8 Å². The Hall–Kier alpha value is -9.62. The molecule has 0 heterocycles. The Kier molecular flexibility index (Phi) is 29.6. The van der Waals surface area contributed by atoms with Crippen molar-refractivity contribution in [3.8, 4) is 5.75 Å². The zero-order valence-electron chi connectivity index (χ0n) is 51.3. The molecule has 464 valence electrons. The number of carbonyl (C=O) groups is 6. The van der Waals surface area contributed by atoms with Gasteiger partial charge in [0.1, 0.15) is 5.75 Å². The van der Waals surface area contributed by atoms with Crippen LogP contribution in [0.1, 0.15) is 154 Å². The zero-order chi connectivity index (χ0) is 63.4. The fourth-order valence-corrected chi connectivity index (χ4v) is 10.4. The van der Waals surface area contributed by atoms with Gasteiger partial charge in [0.05, 0.1) is 16.7 Å². The average molecular weight is 1200 g/mol. The van der Waals surface area contributed by atoms with Gasteiger partial charge in [0.2, 0.25) is 11.8 Å². The van der Waals surface area contributed by atoms with Crippen molar-refractivity contribution in [2.24, 2.45) is 5.92 Å². The molecule has 0 fully saturated rings. The minimum Gasteiger partial charge on any atom is -0.484 e. The van der Waals surface area contributed by atoms with E-state index in [0.29, 0.717) is 41.2 Å². The normalized spacial score (nSPS) is 10.6. The number of carbonyl (C=O) groups excluding carboxylic acids is 3. The lowest BCUT2D eigenvalue weighted by molar-refractivity contribution is -0.118. The number of anilines is 3. The number of carboxylic acids is 3. The van der Waals surface area contributed by atoms with Crippen LogP contribution in [0.15, 0.2) is 206 Å². The van der Waals surface area contributed by atoms with Gasteiger partial charge in [0, 0.05) is 29.9 Å². The summed E-state index contributed by atoms with van der Waals surface area (Å²) >= 11 is 0. The molecule has 13 heteroatoms. The van der Waals surface area contributed by atoms with E-state index in [1.807, 2.05) is 172 Å². The molecule has 0 aliphatic rings. The number of nitrogens with one attached hydrogen (secondary N) is 3. The monoisotopic (exact) mass is 1200 g/mol. The predicted molar refractivity (Wildman–Crippen MR) is 355 cm³/mol. The summed E-state index contributed by atoms with van der Waals surface area (Å²) in [6.45, 7) is 4.03. The molecule has 89 heavy (non-hydrogen) atoms. The fraction of sp³-hybridized carbons (Fsp3) is 0.289. The number of aryl methyl sites for hydroxylation is 7. The summed E-state index contributed by atoms with van der Waals surface area (Å²) in [5.41, 5.74) is 11.0. The third kappa shape index (κ3) is 25.3. The highest BCUT2D eigenvalue weighted by molar-refractivity contribution is 5.94. The maximum absolute atomic E-state index is 12.4. The third-order valence-corrected chi connectivity index (χ3v) is 15.0. The van der Waals surface area contributed by atoms with Crippen molar-refractivity contribution in [2.45, 2.75) is 129 Å². The van der Waals surface area contributed by atoms with E-state index in [-0.39, 0.29) is 24.3 Å². The van der Waals surface area contributed by atoms with Crippen LogP contribution in [0.3, 0.4) is 0 Å². The fourth-order valence-electron chi connectivity index (χ4n) is 10.4. The minimum absolute atomic E-state index is 0.0292. The van der Waals surface area contributed by atoms with Crippen molar-refractivity contribution in [3.05, 3.63) is 262 Å². The van der Waals surface area contributed by atoms with Crippen LogP contribution in [-0.2, 0) is 59.3 Å². The van der Waals surface area contributed by atoms with E-state index < -0.39 is 17.9 Å². The number of ether oxygens (including phenoxy) is 1. The largest absolute Gasteiger partial charge is 0.484 e. The predicted octanol–water partition coefficient (Wildman–Crippen LogP) is 16.6. The van der Waals surface area contributed by atoms with E-state index in [2.05, 4.69) is 28.1 Å². The molecule has 0 bridgehead atoms. The lowest BCUT2D eigenvalue weighted by Crippen LogP contribution is -2.20. The number of carboxylic acid groups (broad SMARTS) is 3. The summed E-state index contributed by atoms with van der Waals surface area (Å²) in [4.78, 5) is 70.6. The molecule has 6 N–H and O–H groups in total. The van der Waals surface area contributed by atoms with Crippen molar-refractivity contribution in [1.82, 2.24) is 0 Å². The molecule has 0 radical (unpaired) electrons. The van der Waals surface area contributed by atoms with Gasteiger partial charge in [-0.15, -0.1) is 0 Å². The second-order valence-corrected chi connectivity index (χ2v) is 22.4. The second kappa shape index (κ2) is 38.5. The number of aromatic carboxylic acids is 3. The van der Waals surface area contributed by atoms with E-state index in [0.717, 1.165) is 159 Å². The highest BCUT2D eigenvalue weighted by Gasteiger charge is 2.14. The smallest absolute Gasteiger partial charge is 0.335 e. The third-order valence-electron chi connectivity index (χ3n) is 15.0. The molecule has 0 aromatic heterocycles. The van der Waals surface area contributed by atoms with Crippen LogP contribution in [0.4, 0.5) is 17.1 Å². The molecular formula is C76H85N3O10. The van der Waals surface area contributed by atoms with Crippen molar-refractivity contribution >= 4 is 52.7 Å². The summed E-state index contributed by atoms with van der Waals surface area (Å²) in [6, 6.07) is 64.6. The Morgan fingerprint density at radius 1 is 0.337 bits per heavy atom. The molecule has 3 amide bonds. The first-order chi connectivity index (χ1) is 43.2. The molecule has 8 aromatic rings. The first-order valence-electron chi connectivity index (χ1n) is 31.0. The van der Waals surface area contributed by atoms with Gasteiger partial charge in [-0.25, -0.2) is 14.4 Å². The average Bonchev–Trinajstić information content (AvgIpc) is 3.73. The summed E-state index contributed by atoms with van der Waals surface area (Å²) in [6.07, 6.45) is 15.4. The van der Waals surface area contributed by atoms with Crippen LogP contribution in [0, 0.1) is 5.92 Å². The van der Waals surface area contributed by atoms with Crippen LogP contribution < -0.4 is 20.7 Å². The Balaban J connectivity index is 0.000000213. The van der Waals surface area contributed by atoms with Gasteiger partial charge in [-0.1, -0.05) is 191 Å². The van der Waals surface area contributed by atoms with Gasteiger partial charge in [-0.05, 0) is 177 Å².